The molecule has 0 saturated carbocycles. The Kier molecular flexibility index (Phi) is 9.99. The Bertz CT molecular complexity index is 1380. The first-order chi connectivity index (χ1) is 18.7. The fourth-order valence-electron chi connectivity index (χ4n) is 4.11. The van der Waals surface area contributed by atoms with Crippen molar-refractivity contribution in [3.63, 3.8) is 0 Å². The number of aldehydes is 2. The smallest absolute Gasteiger partial charge is 0.260 e. The molecule has 0 fully saturated rings. The molecule has 1 aromatic heterocycles. The third-order valence-corrected chi connectivity index (χ3v) is 6.22. The molecule has 3 aromatic rings. The van der Waals surface area contributed by atoms with Crippen LogP contribution < -0.4 is 25.3 Å². The van der Waals surface area contributed by atoms with Crippen LogP contribution in [0.15, 0.2) is 60.3 Å². The van der Waals surface area contributed by atoms with Crippen LogP contribution in [-0.4, -0.2) is 49.6 Å². The van der Waals surface area contributed by atoms with E-state index in [0.29, 0.717) is 42.7 Å². The SMILES string of the molecule is CCOc1ccc(-n2nc(ON)c(CCN(C)c3ccc(N(C)/C=C\C=C(\C)C=O)c(C)c3)c2C=O)cc1F. The number of aryl methyl sites for hydroxylation is 1. The Hall–Kier alpha value is -4.44. The first-order valence-electron chi connectivity index (χ1n) is 12.4. The van der Waals surface area contributed by atoms with Gasteiger partial charge in [0.15, 0.2) is 17.9 Å². The Morgan fingerprint density at radius 3 is 2.56 bits per heavy atom. The van der Waals surface area contributed by atoms with Crippen molar-refractivity contribution in [2.45, 2.75) is 27.2 Å². The van der Waals surface area contributed by atoms with Crippen molar-refractivity contribution in [3.8, 4) is 17.3 Å². The lowest BCUT2D eigenvalue weighted by molar-refractivity contribution is -0.104. The molecular formula is C29H34FN5O4. The van der Waals surface area contributed by atoms with Crippen molar-refractivity contribution in [2.24, 2.45) is 5.90 Å². The van der Waals surface area contributed by atoms with E-state index in [2.05, 4.69) is 11.2 Å². The van der Waals surface area contributed by atoms with Crippen molar-refractivity contribution >= 4 is 23.9 Å². The molecule has 0 amide bonds. The zero-order chi connectivity index (χ0) is 28.5. The molecule has 0 saturated heterocycles. The molecular weight excluding hydrogens is 501 g/mol. The molecule has 0 radical (unpaired) electrons. The van der Waals surface area contributed by atoms with E-state index in [1.165, 1.54) is 16.8 Å². The first-order valence-corrected chi connectivity index (χ1v) is 12.4. The summed E-state index contributed by atoms with van der Waals surface area (Å²) >= 11 is 0. The van der Waals surface area contributed by atoms with E-state index >= 15 is 0 Å². The summed E-state index contributed by atoms with van der Waals surface area (Å²) in [5, 5.41) is 4.30. The van der Waals surface area contributed by atoms with Crippen LogP contribution in [0.5, 0.6) is 11.6 Å². The third-order valence-electron chi connectivity index (χ3n) is 6.22. The molecule has 2 N–H and O–H groups in total. The second-order valence-electron chi connectivity index (χ2n) is 8.99. The van der Waals surface area contributed by atoms with Crippen molar-refractivity contribution in [1.82, 2.24) is 9.78 Å². The van der Waals surface area contributed by atoms with Crippen molar-refractivity contribution < 1.29 is 23.6 Å². The van der Waals surface area contributed by atoms with Gasteiger partial charge in [-0.1, -0.05) is 6.08 Å². The fraction of sp³-hybridized carbons (Fsp3) is 0.276. The first kappa shape index (κ1) is 29.1. The number of allylic oxidation sites excluding steroid dienone is 3. The van der Waals surface area contributed by atoms with Gasteiger partial charge in [0.2, 0.25) is 0 Å². The second-order valence-corrected chi connectivity index (χ2v) is 8.99. The average Bonchev–Trinajstić information content (AvgIpc) is 3.30. The lowest BCUT2D eigenvalue weighted by Crippen LogP contribution is -2.21. The zero-order valence-electron chi connectivity index (χ0n) is 22.8. The monoisotopic (exact) mass is 535 g/mol. The minimum Gasteiger partial charge on any atom is -0.491 e. The van der Waals surface area contributed by atoms with Crippen LogP contribution in [-0.2, 0) is 11.2 Å². The molecule has 0 spiro atoms. The van der Waals surface area contributed by atoms with E-state index in [1.807, 2.05) is 55.2 Å². The van der Waals surface area contributed by atoms with Crippen molar-refractivity contribution in [2.75, 3.05) is 37.0 Å². The van der Waals surface area contributed by atoms with Gasteiger partial charge in [0, 0.05) is 49.8 Å². The maximum absolute atomic E-state index is 14.5. The molecule has 0 unspecified atom stereocenters. The van der Waals surface area contributed by atoms with Gasteiger partial charge in [-0.3, -0.25) is 9.59 Å². The lowest BCUT2D eigenvalue weighted by Gasteiger charge is -2.23. The zero-order valence-corrected chi connectivity index (χ0v) is 22.8. The summed E-state index contributed by atoms with van der Waals surface area (Å²) in [5.74, 6) is 5.12. The number of carbonyl (C=O) groups excluding carboxylic acids is 2. The Morgan fingerprint density at radius 1 is 1.18 bits per heavy atom. The standard InChI is InChI=1S/C29H34FN5O4/c1-6-38-28-12-10-23(17-25(28)30)35-27(19-37)24(29(32-35)39-31)13-15-33(4)22-9-11-26(21(3)16-22)34(5)14-7-8-20(2)18-36/h7-12,14,16-19H,6,13,15,31H2,1-5H3/b14-7-,20-8-. The van der Waals surface area contributed by atoms with Gasteiger partial charge in [-0.15, -0.1) is 5.10 Å². The summed E-state index contributed by atoms with van der Waals surface area (Å²) in [6.07, 6.45) is 7.35. The van der Waals surface area contributed by atoms with Gasteiger partial charge in [-0.25, -0.2) is 9.07 Å². The summed E-state index contributed by atoms with van der Waals surface area (Å²) < 4.78 is 21.0. The van der Waals surface area contributed by atoms with Crippen molar-refractivity contribution in [3.05, 3.63) is 83.0 Å². The highest BCUT2D eigenvalue weighted by molar-refractivity contribution is 5.77. The predicted molar refractivity (Wildman–Crippen MR) is 150 cm³/mol. The number of aromatic nitrogens is 2. The number of hydrogen-bond acceptors (Lipinski definition) is 8. The number of benzene rings is 2. The van der Waals surface area contributed by atoms with Gasteiger partial charge in [0.1, 0.15) is 12.0 Å². The quantitative estimate of drug-likeness (QED) is 0.147. The summed E-state index contributed by atoms with van der Waals surface area (Å²) in [4.78, 5) is 31.8. The van der Waals surface area contributed by atoms with Crippen LogP contribution in [0.1, 0.15) is 35.5 Å². The summed E-state index contributed by atoms with van der Waals surface area (Å²) in [6, 6.07) is 10.4. The Balaban J connectivity index is 1.79. The van der Waals surface area contributed by atoms with E-state index in [-0.39, 0.29) is 17.3 Å². The molecule has 10 heteroatoms. The van der Waals surface area contributed by atoms with Gasteiger partial charge in [0.05, 0.1) is 12.3 Å². The minimum atomic E-state index is -0.564. The molecule has 39 heavy (non-hydrogen) atoms. The van der Waals surface area contributed by atoms with E-state index < -0.39 is 5.82 Å². The summed E-state index contributed by atoms with van der Waals surface area (Å²) in [6.45, 7) is 6.40. The molecule has 206 valence electrons. The number of ether oxygens (including phenoxy) is 1. The highest BCUT2D eigenvalue weighted by Gasteiger charge is 2.21. The van der Waals surface area contributed by atoms with Gasteiger partial charge >= 0.3 is 0 Å². The van der Waals surface area contributed by atoms with Crippen molar-refractivity contribution in [1.29, 1.82) is 0 Å². The maximum atomic E-state index is 14.5. The Morgan fingerprint density at radius 2 is 1.95 bits per heavy atom. The summed E-state index contributed by atoms with van der Waals surface area (Å²) in [5.41, 5.74) is 4.80. The molecule has 0 bridgehead atoms. The molecule has 0 atom stereocenters. The topological polar surface area (TPSA) is 103 Å². The molecule has 0 aliphatic rings. The van der Waals surface area contributed by atoms with E-state index in [1.54, 1.807) is 26.0 Å². The third kappa shape index (κ3) is 6.91. The number of rotatable bonds is 13. The molecule has 3 rings (SSSR count). The number of carbonyl (C=O) groups is 2. The van der Waals surface area contributed by atoms with Gasteiger partial charge in [-0.2, -0.15) is 5.90 Å². The van der Waals surface area contributed by atoms with Gasteiger partial charge in [0.25, 0.3) is 5.88 Å². The Labute approximate surface area is 227 Å². The molecule has 1 heterocycles. The fourth-order valence-corrected chi connectivity index (χ4v) is 4.11. The molecule has 0 aliphatic carbocycles. The number of anilines is 2. The normalized spacial score (nSPS) is 11.5. The second kappa shape index (κ2) is 13.4. The number of halogens is 1. The van der Waals surface area contributed by atoms with Crippen LogP contribution in [0.3, 0.4) is 0 Å². The molecule has 2 aromatic carbocycles. The van der Waals surface area contributed by atoms with Gasteiger partial charge < -0.3 is 19.4 Å². The predicted octanol–water partition coefficient (Wildman–Crippen LogP) is 4.56. The highest BCUT2D eigenvalue weighted by atomic mass is 19.1. The van der Waals surface area contributed by atoms with Crippen LogP contribution in [0.25, 0.3) is 5.69 Å². The van der Waals surface area contributed by atoms with E-state index in [0.717, 1.165) is 23.2 Å². The van der Waals surface area contributed by atoms with E-state index in [4.69, 9.17) is 15.5 Å². The lowest BCUT2D eigenvalue weighted by atomic mass is 10.1. The van der Waals surface area contributed by atoms with E-state index in [9.17, 15) is 14.0 Å². The molecule has 0 aliphatic heterocycles. The van der Waals surface area contributed by atoms with Crippen LogP contribution >= 0.6 is 0 Å². The number of likely N-dealkylation sites (N-methyl/N-ethyl adjacent to an activating group) is 1. The number of hydrogen-bond donors (Lipinski definition) is 1. The van der Waals surface area contributed by atoms with Gasteiger partial charge in [-0.05, 0) is 74.7 Å². The van der Waals surface area contributed by atoms with Crippen LogP contribution in [0.4, 0.5) is 15.8 Å². The maximum Gasteiger partial charge on any atom is 0.260 e. The largest absolute Gasteiger partial charge is 0.491 e. The van der Waals surface area contributed by atoms with Crippen LogP contribution in [0.2, 0.25) is 0 Å². The number of nitrogens with zero attached hydrogens (tertiary/aromatic N) is 4. The molecule has 9 nitrogen and oxygen atoms in total. The minimum absolute atomic E-state index is 0.0959. The van der Waals surface area contributed by atoms with Crippen LogP contribution in [0, 0.1) is 12.7 Å². The highest BCUT2D eigenvalue weighted by Crippen LogP contribution is 2.28. The summed E-state index contributed by atoms with van der Waals surface area (Å²) in [7, 11) is 3.89. The average molecular weight is 536 g/mol. The number of nitrogens with two attached hydrogens (primary N) is 1.